The number of benzene rings is 2. The predicted octanol–water partition coefficient (Wildman–Crippen LogP) is 5.47. The standard InChI is InChI=1S/C28H21N5O2S/c1-3-20-8-11-22(21-9-10-21)13-23(20)24-12-17(2)30-15-25(24)26(34)31-27-32-33-28(36-27)35-16-19-6-4-18(14-29)5-7-19/h1,4-8,11-13,15,21H,9-10,16H2,2H3,(H,31,32,34). The van der Waals surface area contributed by atoms with Crippen molar-refractivity contribution < 1.29 is 9.53 Å². The first-order valence-electron chi connectivity index (χ1n) is 11.4. The van der Waals surface area contributed by atoms with Crippen LogP contribution < -0.4 is 10.1 Å². The smallest absolute Gasteiger partial charge is 0.296 e. The average Bonchev–Trinajstić information content (AvgIpc) is 3.66. The average molecular weight is 492 g/mol. The topological polar surface area (TPSA) is 101 Å². The van der Waals surface area contributed by atoms with E-state index < -0.39 is 0 Å². The maximum atomic E-state index is 13.3. The number of rotatable bonds is 7. The summed E-state index contributed by atoms with van der Waals surface area (Å²) in [7, 11) is 0. The number of terminal acetylenes is 1. The lowest BCUT2D eigenvalue weighted by atomic mass is 9.93. The number of pyridine rings is 1. The van der Waals surface area contributed by atoms with Gasteiger partial charge < -0.3 is 4.74 Å². The molecule has 7 nitrogen and oxygen atoms in total. The van der Waals surface area contributed by atoms with Crippen LogP contribution in [0.4, 0.5) is 5.13 Å². The van der Waals surface area contributed by atoms with Crippen LogP contribution in [0.25, 0.3) is 11.1 Å². The van der Waals surface area contributed by atoms with E-state index in [4.69, 9.17) is 16.4 Å². The van der Waals surface area contributed by atoms with Crippen molar-refractivity contribution in [1.82, 2.24) is 15.2 Å². The van der Waals surface area contributed by atoms with E-state index in [9.17, 15) is 4.79 Å². The molecule has 8 heteroatoms. The quantitative estimate of drug-likeness (QED) is 0.344. The molecule has 0 radical (unpaired) electrons. The number of anilines is 1. The number of hydrogen-bond acceptors (Lipinski definition) is 7. The minimum atomic E-state index is -0.355. The van der Waals surface area contributed by atoms with Gasteiger partial charge in [-0.1, -0.05) is 29.2 Å². The van der Waals surface area contributed by atoms with E-state index in [1.54, 1.807) is 18.3 Å². The molecule has 0 bridgehead atoms. The van der Waals surface area contributed by atoms with Crippen LogP contribution in [0.1, 0.15) is 57.1 Å². The highest BCUT2D eigenvalue weighted by Crippen LogP contribution is 2.42. The van der Waals surface area contributed by atoms with Gasteiger partial charge in [0.25, 0.3) is 11.1 Å². The van der Waals surface area contributed by atoms with Gasteiger partial charge >= 0.3 is 0 Å². The third-order valence-corrected chi connectivity index (χ3v) is 6.65. The van der Waals surface area contributed by atoms with Gasteiger partial charge in [0.05, 0.1) is 17.2 Å². The normalized spacial score (nSPS) is 12.4. The molecule has 0 spiro atoms. The Morgan fingerprint density at radius 3 is 2.69 bits per heavy atom. The summed E-state index contributed by atoms with van der Waals surface area (Å²) in [4.78, 5) is 17.6. The van der Waals surface area contributed by atoms with Crippen molar-refractivity contribution in [3.05, 3.63) is 88.2 Å². The Balaban J connectivity index is 1.35. The summed E-state index contributed by atoms with van der Waals surface area (Å²) in [6, 6.07) is 17.2. The van der Waals surface area contributed by atoms with Crippen LogP contribution in [0.15, 0.2) is 54.7 Å². The fraction of sp³-hybridized carbons (Fsp3) is 0.179. The fourth-order valence-corrected chi connectivity index (χ4v) is 4.44. The second-order valence-electron chi connectivity index (χ2n) is 8.52. The highest BCUT2D eigenvalue weighted by molar-refractivity contribution is 7.17. The number of nitrogens with one attached hydrogen (secondary N) is 1. The molecule has 0 unspecified atom stereocenters. The highest BCUT2D eigenvalue weighted by Gasteiger charge is 2.25. The van der Waals surface area contributed by atoms with E-state index in [0.29, 0.717) is 27.4 Å². The Labute approximate surface area is 212 Å². The summed E-state index contributed by atoms with van der Waals surface area (Å²) < 4.78 is 5.69. The third-order valence-electron chi connectivity index (χ3n) is 5.90. The summed E-state index contributed by atoms with van der Waals surface area (Å²) in [6.07, 6.45) is 9.70. The van der Waals surface area contributed by atoms with Crippen molar-refractivity contribution >= 4 is 22.4 Å². The molecule has 1 saturated carbocycles. The van der Waals surface area contributed by atoms with Crippen molar-refractivity contribution in [2.75, 3.05) is 5.32 Å². The van der Waals surface area contributed by atoms with Gasteiger partial charge in [0.2, 0.25) is 5.13 Å². The summed E-state index contributed by atoms with van der Waals surface area (Å²) in [5.41, 5.74) is 6.21. The monoisotopic (exact) mass is 491 g/mol. The Bertz CT molecular complexity index is 1530. The van der Waals surface area contributed by atoms with E-state index in [1.807, 2.05) is 31.2 Å². The maximum absolute atomic E-state index is 13.3. The summed E-state index contributed by atoms with van der Waals surface area (Å²) >= 11 is 1.13. The lowest BCUT2D eigenvalue weighted by Crippen LogP contribution is -2.14. The number of carbonyl (C=O) groups excluding carboxylic acids is 1. The molecule has 5 rings (SSSR count). The number of aryl methyl sites for hydroxylation is 1. The van der Waals surface area contributed by atoms with Crippen molar-refractivity contribution in [2.24, 2.45) is 0 Å². The SMILES string of the molecule is C#Cc1ccc(C2CC2)cc1-c1cc(C)ncc1C(=O)Nc1nnc(OCc2ccc(C#N)cc2)s1. The molecule has 1 N–H and O–H groups in total. The van der Waals surface area contributed by atoms with Gasteiger partial charge in [-0.2, -0.15) is 5.26 Å². The minimum Gasteiger partial charge on any atom is -0.464 e. The Morgan fingerprint density at radius 2 is 1.97 bits per heavy atom. The first-order valence-corrected chi connectivity index (χ1v) is 12.2. The van der Waals surface area contributed by atoms with E-state index in [1.165, 1.54) is 18.4 Å². The van der Waals surface area contributed by atoms with Crippen LogP contribution in [-0.2, 0) is 6.61 Å². The number of ether oxygens (including phenoxy) is 1. The second kappa shape index (κ2) is 9.99. The number of aromatic nitrogens is 3. The molecule has 1 aliphatic rings. The number of carbonyl (C=O) groups is 1. The molecular formula is C28H21N5O2S. The lowest BCUT2D eigenvalue weighted by Gasteiger charge is -2.13. The predicted molar refractivity (Wildman–Crippen MR) is 138 cm³/mol. The molecule has 2 heterocycles. The van der Waals surface area contributed by atoms with Gasteiger partial charge in [-0.3, -0.25) is 15.1 Å². The van der Waals surface area contributed by atoms with Crippen LogP contribution in [0.3, 0.4) is 0 Å². The molecule has 176 valence electrons. The Hall–Kier alpha value is -4.53. The molecular weight excluding hydrogens is 470 g/mol. The number of amides is 1. The third kappa shape index (κ3) is 5.10. The van der Waals surface area contributed by atoms with Crippen LogP contribution in [0.5, 0.6) is 5.19 Å². The summed E-state index contributed by atoms with van der Waals surface area (Å²) in [5, 5.41) is 20.4. The van der Waals surface area contributed by atoms with Crippen LogP contribution in [-0.4, -0.2) is 21.1 Å². The zero-order valence-electron chi connectivity index (χ0n) is 19.5. The molecule has 2 aromatic carbocycles. The van der Waals surface area contributed by atoms with Crippen molar-refractivity contribution in [2.45, 2.75) is 32.3 Å². The van der Waals surface area contributed by atoms with Gasteiger partial charge in [0, 0.05) is 17.5 Å². The van der Waals surface area contributed by atoms with Crippen LogP contribution in [0, 0.1) is 30.6 Å². The second-order valence-corrected chi connectivity index (χ2v) is 9.46. The first kappa shape index (κ1) is 23.2. The van der Waals surface area contributed by atoms with Gasteiger partial charge in [-0.15, -0.1) is 11.5 Å². The molecule has 0 atom stereocenters. The summed E-state index contributed by atoms with van der Waals surface area (Å²) in [6.45, 7) is 2.15. The lowest BCUT2D eigenvalue weighted by molar-refractivity contribution is 0.102. The van der Waals surface area contributed by atoms with Crippen LogP contribution in [0.2, 0.25) is 0 Å². The molecule has 36 heavy (non-hydrogen) atoms. The zero-order valence-corrected chi connectivity index (χ0v) is 20.3. The maximum Gasteiger partial charge on any atom is 0.296 e. The summed E-state index contributed by atoms with van der Waals surface area (Å²) in [5.74, 6) is 2.95. The van der Waals surface area contributed by atoms with Gasteiger partial charge in [-0.25, -0.2) is 0 Å². The van der Waals surface area contributed by atoms with Crippen molar-refractivity contribution in [1.29, 1.82) is 5.26 Å². The number of nitrogens with zero attached hydrogens (tertiary/aromatic N) is 4. The van der Waals surface area contributed by atoms with Crippen LogP contribution >= 0.6 is 11.3 Å². The van der Waals surface area contributed by atoms with Gasteiger partial charge in [0.15, 0.2) is 0 Å². The molecule has 1 amide bonds. The number of nitriles is 1. The molecule has 0 aliphatic heterocycles. The van der Waals surface area contributed by atoms with Gasteiger partial charge in [0.1, 0.15) is 6.61 Å². The van der Waals surface area contributed by atoms with Crippen molar-refractivity contribution in [3.63, 3.8) is 0 Å². The Morgan fingerprint density at radius 1 is 1.17 bits per heavy atom. The minimum absolute atomic E-state index is 0.270. The first-order chi connectivity index (χ1) is 17.5. The number of hydrogen-bond donors (Lipinski definition) is 1. The molecule has 4 aromatic rings. The Kier molecular flexibility index (Phi) is 6.44. The van der Waals surface area contributed by atoms with E-state index in [2.05, 4.69) is 44.6 Å². The molecule has 1 aliphatic carbocycles. The van der Waals surface area contributed by atoms with E-state index >= 15 is 0 Å². The molecule has 2 aromatic heterocycles. The van der Waals surface area contributed by atoms with Crippen molar-refractivity contribution in [3.8, 4) is 34.7 Å². The fourth-order valence-electron chi connectivity index (χ4n) is 3.85. The molecule has 1 fully saturated rings. The molecule has 0 saturated heterocycles. The largest absolute Gasteiger partial charge is 0.464 e. The van der Waals surface area contributed by atoms with E-state index in [-0.39, 0.29) is 12.5 Å². The zero-order chi connectivity index (χ0) is 25.1. The van der Waals surface area contributed by atoms with E-state index in [0.717, 1.165) is 39.3 Å². The van der Waals surface area contributed by atoms with Gasteiger partial charge in [-0.05, 0) is 89.6 Å². The highest BCUT2D eigenvalue weighted by atomic mass is 32.1.